The molecule has 0 saturated heterocycles. The summed E-state index contributed by atoms with van der Waals surface area (Å²) in [5.41, 5.74) is 7.77. The monoisotopic (exact) mass is 247 g/mol. The zero-order valence-electron chi connectivity index (χ0n) is 11.6. The van der Waals surface area contributed by atoms with Gasteiger partial charge in [0.1, 0.15) is 0 Å². The molecule has 0 radical (unpaired) electrons. The molecule has 0 saturated carbocycles. The van der Waals surface area contributed by atoms with Crippen molar-refractivity contribution in [2.24, 2.45) is 5.73 Å². The molecule has 3 N–H and O–H groups in total. The van der Waals surface area contributed by atoms with Crippen LogP contribution < -0.4 is 5.73 Å². The van der Waals surface area contributed by atoms with Gasteiger partial charge in [0.15, 0.2) is 0 Å². The number of fused-ring (bicyclic) bond motifs is 1. The summed E-state index contributed by atoms with van der Waals surface area (Å²) in [6.45, 7) is 4.61. The minimum atomic E-state index is -0.715. The third-order valence-corrected chi connectivity index (χ3v) is 4.70. The summed E-state index contributed by atoms with van der Waals surface area (Å²) >= 11 is 0. The summed E-state index contributed by atoms with van der Waals surface area (Å²) in [5, 5.41) is 11.0. The Bertz CT molecular complexity index is 413. The SMILES string of the molecule is CCCC(C)(O)C1(CN)CCCc2ccccc21. The molecule has 2 heteroatoms. The van der Waals surface area contributed by atoms with E-state index in [0.717, 1.165) is 32.1 Å². The molecule has 1 aromatic rings. The number of hydrogen-bond donors (Lipinski definition) is 2. The first-order chi connectivity index (χ1) is 8.57. The highest BCUT2D eigenvalue weighted by atomic mass is 16.3. The van der Waals surface area contributed by atoms with Crippen LogP contribution in [0.1, 0.15) is 50.7 Å². The van der Waals surface area contributed by atoms with Gasteiger partial charge < -0.3 is 10.8 Å². The highest BCUT2D eigenvalue weighted by Gasteiger charge is 2.48. The summed E-state index contributed by atoms with van der Waals surface area (Å²) < 4.78 is 0. The van der Waals surface area contributed by atoms with E-state index in [4.69, 9.17) is 5.73 Å². The first-order valence-corrected chi connectivity index (χ1v) is 7.08. The van der Waals surface area contributed by atoms with E-state index in [1.165, 1.54) is 11.1 Å². The Hall–Kier alpha value is -0.860. The van der Waals surface area contributed by atoms with Crippen molar-refractivity contribution in [3.8, 4) is 0 Å². The largest absolute Gasteiger partial charge is 0.389 e. The zero-order chi connectivity index (χ0) is 13.2. The molecular formula is C16H25NO. The van der Waals surface area contributed by atoms with Crippen LogP contribution in [0.2, 0.25) is 0 Å². The summed E-state index contributed by atoms with van der Waals surface area (Å²) in [4.78, 5) is 0. The maximum absolute atomic E-state index is 11.0. The second-order valence-corrected chi connectivity index (χ2v) is 5.82. The third kappa shape index (κ3) is 1.98. The third-order valence-electron chi connectivity index (χ3n) is 4.70. The molecule has 1 aliphatic carbocycles. The van der Waals surface area contributed by atoms with Gasteiger partial charge in [-0.1, -0.05) is 37.6 Å². The zero-order valence-corrected chi connectivity index (χ0v) is 11.6. The Kier molecular flexibility index (Phi) is 3.79. The summed E-state index contributed by atoms with van der Waals surface area (Å²) in [5.74, 6) is 0. The predicted octanol–water partition coefficient (Wildman–Crippen LogP) is 2.77. The lowest BCUT2D eigenvalue weighted by Crippen LogP contribution is -2.55. The Balaban J connectivity index is 2.52. The van der Waals surface area contributed by atoms with Gasteiger partial charge in [-0.2, -0.15) is 0 Å². The van der Waals surface area contributed by atoms with E-state index in [2.05, 4.69) is 31.2 Å². The maximum atomic E-state index is 11.0. The lowest BCUT2D eigenvalue weighted by atomic mass is 9.60. The van der Waals surface area contributed by atoms with Gasteiger partial charge >= 0.3 is 0 Å². The van der Waals surface area contributed by atoms with Gasteiger partial charge in [-0.15, -0.1) is 0 Å². The molecule has 2 atom stereocenters. The van der Waals surface area contributed by atoms with Crippen molar-refractivity contribution in [1.82, 2.24) is 0 Å². The molecular weight excluding hydrogens is 222 g/mol. The molecule has 2 rings (SSSR count). The molecule has 1 aliphatic rings. The van der Waals surface area contributed by atoms with Crippen LogP contribution in [0.25, 0.3) is 0 Å². The second-order valence-electron chi connectivity index (χ2n) is 5.82. The number of rotatable bonds is 4. The highest BCUT2D eigenvalue weighted by molar-refractivity contribution is 5.40. The molecule has 2 unspecified atom stereocenters. The van der Waals surface area contributed by atoms with E-state index in [1.54, 1.807) is 0 Å². The van der Waals surface area contributed by atoms with Crippen molar-refractivity contribution in [3.63, 3.8) is 0 Å². The van der Waals surface area contributed by atoms with Gasteiger partial charge in [-0.3, -0.25) is 0 Å². The quantitative estimate of drug-likeness (QED) is 0.859. The molecule has 0 amide bonds. The number of aliphatic hydroxyl groups is 1. The van der Waals surface area contributed by atoms with E-state index in [0.29, 0.717) is 6.54 Å². The molecule has 18 heavy (non-hydrogen) atoms. The topological polar surface area (TPSA) is 46.2 Å². The first kappa shape index (κ1) is 13.6. The minimum Gasteiger partial charge on any atom is -0.389 e. The number of benzene rings is 1. The number of nitrogens with two attached hydrogens (primary N) is 1. The average Bonchev–Trinajstić information content (AvgIpc) is 2.37. The average molecular weight is 247 g/mol. The summed E-state index contributed by atoms with van der Waals surface area (Å²) in [7, 11) is 0. The van der Waals surface area contributed by atoms with Gasteiger partial charge in [-0.05, 0) is 43.7 Å². The van der Waals surface area contributed by atoms with Crippen LogP contribution in [0.5, 0.6) is 0 Å². The van der Waals surface area contributed by atoms with Crippen molar-refractivity contribution in [3.05, 3.63) is 35.4 Å². The van der Waals surface area contributed by atoms with Crippen molar-refractivity contribution in [1.29, 1.82) is 0 Å². The Morgan fingerprint density at radius 3 is 2.78 bits per heavy atom. The molecule has 1 aromatic carbocycles. The van der Waals surface area contributed by atoms with Crippen molar-refractivity contribution in [2.75, 3.05) is 6.54 Å². The molecule has 2 nitrogen and oxygen atoms in total. The fourth-order valence-electron chi connectivity index (χ4n) is 3.64. The maximum Gasteiger partial charge on any atom is 0.0728 e. The van der Waals surface area contributed by atoms with E-state index >= 15 is 0 Å². The van der Waals surface area contributed by atoms with E-state index in [9.17, 15) is 5.11 Å². The van der Waals surface area contributed by atoms with Gasteiger partial charge in [0.05, 0.1) is 5.60 Å². The predicted molar refractivity (Wildman–Crippen MR) is 75.6 cm³/mol. The minimum absolute atomic E-state index is 0.266. The molecule has 0 aliphatic heterocycles. The lowest BCUT2D eigenvalue weighted by Gasteiger charge is -2.48. The lowest BCUT2D eigenvalue weighted by molar-refractivity contribution is -0.0364. The van der Waals surface area contributed by atoms with Gasteiger partial charge in [0.25, 0.3) is 0 Å². The fraction of sp³-hybridized carbons (Fsp3) is 0.625. The molecule has 0 aromatic heterocycles. The smallest absolute Gasteiger partial charge is 0.0728 e. The fourth-order valence-corrected chi connectivity index (χ4v) is 3.64. The van der Waals surface area contributed by atoms with E-state index in [1.807, 2.05) is 6.92 Å². The summed E-state index contributed by atoms with van der Waals surface area (Å²) in [6.07, 6.45) is 5.01. The summed E-state index contributed by atoms with van der Waals surface area (Å²) in [6, 6.07) is 8.49. The molecule has 0 heterocycles. The van der Waals surface area contributed by atoms with Crippen LogP contribution in [0.15, 0.2) is 24.3 Å². The number of hydrogen-bond acceptors (Lipinski definition) is 2. The van der Waals surface area contributed by atoms with E-state index in [-0.39, 0.29) is 5.41 Å². The first-order valence-electron chi connectivity index (χ1n) is 7.08. The van der Waals surface area contributed by atoms with Gasteiger partial charge in [-0.25, -0.2) is 0 Å². The second kappa shape index (κ2) is 5.02. The standard InChI is InChI=1S/C16H25NO/c1-3-10-15(2,18)16(12-17)11-6-8-13-7-4-5-9-14(13)16/h4-5,7,9,18H,3,6,8,10-12,17H2,1-2H3. The van der Waals surface area contributed by atoms with E-state index < -0.39 is 5.60 Å². The Morgan fingerprint density at radius 1 is 1.39 bits per heavy atom. The van der Waals surface area contributed by atoms with Crippen LogP contribution in [0.3, 0.4) is 0 Å². The normalized spacial score (nSPS) is 26.4. The molecule has 0 fully saturated rings. The van der Waals surface area contributed by atoms with Gasteiger partial charge in [0, 0.05) is 12.0 Å². The van der Waals surface area contributed by atoms with Crippen LogP contribution in [-0.2, 0) is 11.8 Å². The van der Waals surface area contributed by atoms with Crippen molar-refractivity contribution >= 4 is 0 Å². The molecule has 0 bridgehead atoms. The number of aryl methyl sites for hydroxylation is 1. The Labute approximate surface area is 110 Å². The molecule has 100 valence electrons. The van der Waals surface area contributed by atoms with Crippen LogP contribution in [0.4, 0.5) is 0 Å². The molecule has 0 spiro atoms. The van der Waals surface area contributed by atoms with Crippen molar-refractivity contribution in [2.45, 2.75) is 57.0 Å². The van der Waals surface area contributed by atoms with Crippen molar-refractivity contribution < 1.29 is 5.11 Å². The van der Waals surface area contributed by atoms with Crippen LogP contribution in [-0.4, -0.2) is 17.3 Å². The van der Waals surface area contributed by atoms with Crippen LogP contribution in [0, 0.1) is 0 Å². The van der Waals surface area contributed by atoms with Gasteiger partial charge in [0.2, 0.25) is 0 Å². The highest BCUT2D eigenvalue weighted by Crippen LogP contribution is 2.46. The van der Waals surface area contributed by atoms with Crippen LogP contribution >= 0.6 is 0 Å². The Morgan fingerprint density at radius 2 is 2.11 bits per heavy atom.